The van der Waals surface area contributed by atoms with Gasteiger partial charge in [0.25, 0.3) is 0 Å². The molecule has 0 unspecified atom stereocenters. The van der Waals surface area contributed by atoms with Gasteiger partial charge in [-0.25, -0.2) is 4.79 Å². The molecule has 0 aliphatic rings. The van der Waals surface area contributed by atoms with Crippen molar-refractivity contribution in [3.05, 3.63) is 12.7 Å². The largest absolute Gasteiger partial charge is 0.549 e. The highest BCUT2D eigenvalue weighted by Crippen LogP contribution is 1.82. The number of aliphatic hydroxyl groups excluding tert-OH is 1. The van der Waals surface area contributed by atoms with Crippen molar-refractivity contribution in [2.45, 2.75) is 6.42 Å². The summed E-state index contributed by atoms with van der Waals surface area (Å²) in [5.41, 5.74) is 0. The Morgan fingerprint density at radius 1 is 1.58 bits per heavy atom. The minimum absolute atomic E-state index is 0.0461. The van der Waals surface area contributed by atoms with E-state index in [9.17, 15) is 4.79 Å². The summed E-state index contributed by atoms with van der Waals surface area (Å²) >= 11 is 0. The summed E-state index contributed by atoms with van der Waals surface area (Å²) in [5.74, 6) is -0.441. The smallest absolute Gasteiger partial charge is 0.462 e. The molecule has 0 fully saturated rings. The number of esters is 1. The lowest BCUT2D eigenvalue weighted by Gasteiger charge is -1.96. The van der Waals surface area contributed by atoms with E-state index in [0.29, 0.717) is 6.42 Å². The second-order valence-corrected chi connectivity index (χ2v) is 1.70. The highest BCUT2D eigenvalue weighted by atomic mass is 28.2. The van der Waals surface area contributed by atoms with E-state index in [1.165, 1.54) is 0 Å². The Bertz CT molecular complexity index is 161. The zero-order valence-electron chi connectivity index (χ0n) is 6.49. The molecular weight excluding hydrogens is 180 g/mol. The van der Waals surface area contributed by atoms with E-state index in [1.807, 2.05) is 0 Å². The van der Waals surface area contributed by atoms with Gasteiger partial charge in [-0.05, 0) is 0 Å². The molecule has 1 N–H and O–H groups in total. The number of hydrogen-bond donors (Lipinski definition) is 1. The average molecular weight is 190 g/mol. The van der Waals surface area contributed by atoms with Gasteiger partial charge in [0.05, 0.1) is 6.61 Å². The molecule has 0 aromatic carbocycles. The molecule has 0 rings (SSSR count). The predicted molar refractivity (Wildman–Crippen MR) is 40.0 cm³/mol. The first-order valence-electron chi connectivity index (χ1n) is 3.12. The molecule has 0 aliphatic carbocycles. The number of carbonyl (C=O) groups excluding carboxylic acids is 1. The molecule has 0 atom stereocenters. The van der Waals surface area contributed by atoms with Crippen molar-refractivity contribution < 1.29 is 23.6 Å². The SMILES string of the molecule is C=CC(=O)OCCCO.O=[Si]=O. The fourth-order valence-electron chi connectivity index (χ4n) is 0.296. The molecule has 0 saturated heterocycles. The van der Waals surface area contributed by atoms with Crippen LogP contribution in [0.3, 0.4) is 0 Å². The van der Waals surface area contributed by atoms with Crippen molar-refractivity contribution in [3.8, 4) is 0 Å². The van der Waals surface area contributed by atoms with E-state index in [2.05, 4.69) is 11.3 Å². The van der Waals surface area contributed by atoms with Crippen LogP contribution in [-0.4, -0.2) is 33.6 Å². The molecule has 0 heterocycles. The third kappa shape index (κ3) is 16.0. The minimum Gasteiger partial charge on any atom is -0.462 e. The molecule has 68 valence electrons. The van der Waals surface area contributed by atoms with Crippen LogP contribution in [0.1, 0.15) is 6.42 Å². The maximum atomic E-state index is 10.3. The van der Waals surface area contributed by atoms with Gasteiger partial charge in [-0.3, -0.25) is 8.92 Å². The van der Waals surface area contributed by atoms with Gasteiger partial charge in [-0.15, -0.1) is 0 Å². The van der Waals surface area contributed by atoms with E-state index in [1.54, 1.807) is 0 Å². The normalized spacial score (nSPS) is 7.08. The highest BCUT2D eigenvalue weighted by molar-refractivity contribution is 5.94. The van der Waals surface area contributed by atoms with Gasteiger partial charge >= 0.3 is 15.3 Å². The maximum absolute atomic E-state index is 10.3. The molecule has 0 bridgehead atoms. The summed E-state index contributed by atoms with van der Waals surface area (Å²) in [6.07, 6.45) is 1.58. The summed E-state index contributed by atoms with van der Waals surface area (Å²) in [6.45, 7) is 3.51. The van der Waals surface area contributed by atoms with E-state index in [4.69, 9.17) is 14.0 Å². The Kier molecular flexibility index (Phi) is 14.3. The van der Waals surface area contributed by atoms with Gasteiger partial charge in [0.1, 0.15) is 0 Å². The highest BCUT2D eigenvalue weighted by Gasteiger charge is 1.91. The topological polar surface area (TPSA) is 80.7 Å². The van der Waals surface area contributed by atoms with Crippen LogP contribution in [0.4, 0.5) is 0 Å². The van der Waals surface area contributed by atoms with Gasteiger partial charge in [0, 0.05) is 19.1 Å². The molecular formula is C6H10O5Si. The average Bonchev–Trinajstić information content (AvgIpc) is 2.06. The Morgan fingerprint density at radius 2 is 2.08 bits per heavy atom. The summed E-state index contributed by atoms with van der Waals surface area (Å²) in [6, 6.07) is 0. The zero-order valence-corrected chi connectivity index (χ0v) is 7.49. The van der Waals surface area contributed by atoms with Gasteiger partial charge in [0.2, 0.25) is 0 Å². The molecule has 5 nitrogen and oxygen atoms in total. The Hall–Kier alpha value is -1.01. The lowest BCUT2D eigenvalue weighted by atomic mass is 10.5. The van der Waals surface area contributed by atoms with Gasteiger partial charge in [0.15, 0.2) is 0 Å². The predicted octanol–water partition coefficient (Wildman–Crippen LogP) is -0.520. The molecule has 0 radical (unpaired) electrons. The zero-order chi connectivity index (χ0) is 9.82. The number of hydrogen-bond acceptors (Lipinski definition) is 5. The second kappa shape index (κ2) is 12.6. The Balaban J connectivity index is 0. The molecule has 0 saturated carbocycles. The summed E-state index contributed by atoms with van der Waals surface area (Å²) in [7, 11) is -1.42. The fourth-order valence-corrected chi connectivity index (χ4v) is 0.296. The van der Waals surface area contributed by atoms with Crippen LogP contribution < -0.4 is 0 Å². The number of rotatable bonds is 4. The molecule has 0 aliphatic heterocycles. The standard InChI is InChI=1S/C6H10O3.O2Si/c1-2-6(8)9-5-3-4-7;1-3-2/h2,7H,1,3-5H2;. The molecule has 0 aromatic rings. The van der Waals surface area contributed by atoms with E-state index in [0.717, 1.165) is 6.08 Å². The Labute approximate surface area is 72.0 Å². The van der Waals surface area contributed by atoms with E-state index in [-0.39, 0.29) is 13.2 Å². The number of ether oxygens (including phenoxy) is 1. The van der Waals surface area contributed by atoms with Crippen molar-refractivity contribution >= 4 is 15.3 Å². The first-order chi connectivity index (χ1) is 5.72. The summed E-state index contributed by atoms with van der Waals surface area (Å²) in [5, 5.41) is 8.23. The van der Waals surface area contributed by atoms with E-state index >= 15 is 0 Å². The van der Waals surface area contributed by atoms with Gasteiger partial charge in [-0.2, -0.15) is 0 Å². The quantitative estimate of drug-likeness (QED) is 0.279. The Morgan fingerprint density at radius 3 is 2.42 bits per heavy atom. The first kappa shape index (κ1) is 13.6. The first-order valence-corrected chi connectivity index (χ1v) is 3.93. The van der Waals surface area contributed by atoms with Crippen LogP contribution in [0.5, 0.6) is 0 Å². The monoisotopic (exact) mass is 190 g/mol. The van der Waals surface area contributed by atoms with Crippen LogP contribution in [0.2, 0.25) is 0 Å². The fraction of sp³-hybridized carbons (Fsp3) is 0.500. The van der Waals surface area contributed by atoms with Gasteiger partial charge in [-0.1, -0.05) is 6.58 Å². The van der Waals surface area contributed by atoms with Gasteiger partial charge < -0.3 is 9.84 Å². The van der Waals surface area contributed by atoms with Crippen molar-refractivity contribution in [3.63, 3.8) is 0 Å². The van der Waals surface area contributed by atoms with E-state index < -0.39 is 15.3 Å². The molecule has 0 aromatic heterocycles. The molecule has 0 spiro atoms. The lowest BCUT2D eigenvalue weighted by Crippen LogP contribution is -2.02. The van der Waals surface area contributed by atoms with Crippen LogP contribution in [-0.2, 0) is 18.5 Å². The minimum atomic E-state index is -1.42. The summed E-state index contributed by atoms with van der Waals surface area (Å²) < 4.78 is 21.3. The van der Waals surface area contributed by atoms with Crippen molar-refractivity contribution in [2.24, 2.45) is 0 Å². The third-order valence-corrected chi connectivity index (χ3v) is 0.713. The third-order valence-electron chi connectivity index (χ3n) is 0.713. The van der Waals surface area contributed by atoms with Crippen LogP contribution in [0, 0.1) is 0 Å². The van der Waals surface area contributed by atoms with Crippen molar-refractivity contribution in [1.82, 2.24) is 0 Å². The molecule has 12 heavy (non-hydrogen) atoms. The number of carbonyl (C=O) groups is 1. The molecule has 0 amide bonds. The molecule has 6 heteroatoms. The van der Waals surface area contributed by atoms with Crippen LogP contribution in [0.25, 0.3) is 0 Å². The maximum Gasteiger partial charge on any atom is 0.549 e. The van der Waals surface area contributed by atoms with Crippen LogP contribution >= 0.6 is 0 Å². The lowest BCUT2D eigenvalue weighted by molar-refractivity contribution is -0.137. The van der Waals surface area contributed by atoms with Crippen molar-refractivity contribution in [2.75, 3.05) is 13.2 Å². The number of aliphatic hydroxyl groups is 1. The second-order valence-electron chi connectivity index (χ2n) is 1.53. The van der Waals surface area contributed by atoms with Crippen molar-refractivity contribution in [1.29, 1.82) is 0 Å². The van der Waals surface area contributed by atoms with Crippen LogP contribution in [0.15, 0.2) is 12.7 Å². The summed E-state index contributed by atoms with van der Waals surface area (Å²) in [4.78, 5) is 10.3.